The topological polar surface area (TPSA) is 74.6 Å². The van der Waals surface area contributed by atoms with Gasteiger partial charge in [-0.05, 0) is 41.8 Å². The fourth-order valence-corrected chi connectivity index (χ4v) is 3.60. The molecule has 2 N–H and O–H groups in total. The Hall–Kier alpha value is -2.51. The molecule has 1 aromatic carbocycles. The van der Waals surface area contributed by atoms with E-state index in [1.807, 2.05) is 0 Å². The highest BCUT2D eigenvalue weighted by atomic mass is 19.1. The summed E-state index contributed by atoms with van der Waals surface area (Å²) >= 11 is 0. The lowest BCUT2D eigenvalue weighted by molar-refractivity contribution is -0.149. The fraction of sp³-hybridized carbons (Fsp3) is 0.368. The van der Waals surface area contributed by atoms with E-state index >= 15 is 0 Å². The standard InChI is InChI=1S/C19H20FN3O3/c20-15-1-3-16(4-2-15)23-9-14-8-22(6-5-13(14)7-17(23)25)18(26)19(12-24)10-21-11-19/h1-4,7,9,21,24H,5-6,8,10-12H2. The molecule has 0 unspecified atom stereocenters. The number of hydrogen-bond donors (Lipinski definition) is 2. The van der Waals surface area contributed by atoms with E-state index in [1.54, 1.807) is 29.3 Å². The first-order valence-electron chi connectivity index (χ1n) is 8.64. The zero-order chi connectivity index (χ0) is 18.3. The number of nitrogens with one attached hydrogen (secondary N) is 1. The van der Waals surface area contributed by atoms with Crippen molar-refractivity contribution in [2.45, 2.75) is 13.0 Å². The maximum absolute atomic E-state index is 13.1. The van der Waals surface area contributed by atoms with Gasteiger partial charge in [0.1, 0.15) is 5.82 Å². The third-order valence-corrected chi connectivity index (χ3v) is 5.32. The van der Waals surface area contributed by atoms with Crippen molar-refractivity contribution in [2.75, 3.05) is 26.2 Å². The Morgan fingerprint density at radius 2 is 1.96 bits per heavy atom. The van der Waals surface area contributed by atoms with Gasteiger partial charge in [0, 0.05) is 44.1 Å². The number of benzene rings is 1. The Labute approximate surface area is 149 Å². The van der Waals surface area contributed by atoms with Gasteiger partial charge in [-0.2, -0.15) is 0 Å². The molecule has 1 aromatic heterocycles. The van der Waals surface area contributed by atoms with Crippen LogP contribution in [0.4, 0.5) is 4.39 Å². The van der Waals surface area contributed by atoms with Crippen molar-refractivity contribution in [3.05, 3.63) is 63.8 Å². The number of fused-ring (bicyclic) bond motifs is 1. The summed E-state index contributed by atoms with van der Waals surface area (Å²) in [7, 11) is 0. The molecule has 2 aliphatic heterocycles. The van der Waals surface area contributed by atoms with E-state index in [-0.39, 0.29) is 23.9 Å². The lowest BCUT2D eigenvalue weighted by atomic mass is 9.80. The second-order valence-corrected chi connectivity index (χ2v) is 7.03. The average molecular weight is 357 g/mol. The minimum absolute atomic E-state index is 0.0519. The second-order valence-electron chi connectivity index (χ2n) is 7.03. The Morgan fingerprint density at radius 3 is 2.58 bits per heavy atom. The number of aromatic nitrogens is 1. The molecule has 1 fully saturated rings. The van der Waals surface area contributed by atoms with Crippen LogP contribution in [0.25, 0.3) is 5.69 Å². The van der Waals surface area contributed by atoms with Crippen LogP contribution < -0.4 is 10.9 Å². The van der Waals surface area contributed by atoms with Crippen LogP contribution in [-0.4, -0.2) is 46.7 Å². The molecule has 0 atom stereocenters. The summed E-state index contributed by atoms with van der Waals surface area (Å²) in [6.45, 7) is 1.74. The highest BCUT2D eigenvalue weighted by molar-refractivity contribution is 5.84. The smallest absolute Gasteiger partial charge is 0.255 e. The van der Waals surface area contributed by atoms with E-state index < -0.39 is 5.41 Å². The number of nitrogens with zero attached hydrogens (tertiary/aromatic N) is 2. The number of hydrogen-bond acceptors (Lipinski definition) is 4. The molecular weight excluding hydrogens is 337 g/mol. The van der Waals surface area contributed by atoms with Crippen molar-refractivity contribution in [3.8, 4) is 5.69 Å². The Bertz CT molecular complexity index is 898. The van der Waals surface area contributed by atoms with Gasteiger partial charge in [-0.1, -0.05) is 0 Å². The van der Waals surface area contributed by atoms with Crippen molar-refractivity contribution < 1.29 is 14.3 Å². The Kier molecular flexibility index (Phi) is 4.13. The van der Waals surface area contributed by atoms with Crippen LogP contribution in [-0.2, 0) is 17.8 Å². The van der Waals surface area contributed by atoms with Crippen molar-refractivity contribution in [1.29, 1.82) is 0 Å². The van der Waals surface area contributed by atoms with E-state index in [2.05, 4.69) is 5.32 Å². The van der Waals surface area contributed by atoms with E-state index in [0.717, 1.165) is 11.1 Å². The average Bonchev–Trinajstić information content (AvgIpc) is 2.61. The largest absolute Gasteiger partial charge is 0.395 e. The number of aliphatic hydroxyl groups excluding tert-OH is 1. The number of carbonyl (C=O) groups excluding carboxylic acids is 1. The summed E-state index contributed by atoms with van der Waals surface area (Å²) in [6.07, 6.45) is 2.34. The lowest BCUT2D eigenvalue weighted by Gasteiger charge is -2.44. The van der Waals surface area contributed by atoms with Crippen molar-refractivity contribution >= 4 is 5.91 Å². The van der Waals surface area contributed by atoms with E-state index in [0.29, 0.717) is 38.3 Å². The quantitative estimate of drug-likeness (QED) is 0.836. The summed E-state index contributed by atoms with van der Waals surface area (Å²) in [4.78, 5) is 27.0. The van der Waals surface area contributed by atoms with Crippen LogP contribution in [0.2, 0.25) is 0 Å². The molecule has 4 rings (SSSR count). The van der Waals surface area contributed by atoms with E-state index in [4.69, 9.17) is 0 Å². The summed E-state index contributed by atoms with van der Waals surface area (Å²) in [5.41, 5.74) is 1.52. The van der Waals surface area contributed by atoms with Gasteiger partial charge in [-0.25, -0.2) is 4.39 Å². The third kappa shape index (κ3) is 2.73. The minimum Gasteiger partial charge on any atom is -0.395 e. The molecule has 3 heterocycles. The molecule has 1 saturated heterocycles. The minimum atomic E-state index is -0.719. The van der Waals surface area contributed by atoms with Gasteiger partial charge in [-0.15, -0.1) is 0 Å². The fourth-order valence-electron chi connectivity index (χ4n) is 3.60. The number of carbonyl (C=O) groups is 1. The van der Waals surface area contributed by atoms with Gasteiger partial charge in [0.2, 0.25) is 5.91 Å². The van der Waals surface area contributed by atoms with Gasteiger partial charge in [-0.3, -0.25) is 14.2 Å². The highest BCUT2D eigenvalue weighted by Gasteiger charge is 2.46. The predicted molar refractivity (Wildman–Crippen MR) is 93.5 cm³/mol. The van der Waals surface area contributed by atoms with Gasteiger partial charge in [0.05, 0.1) is 12.0 Å². The number of halogens is 1. The maximum Gasteiger partial charge on any atom is 0.255 e. The summed E-state index contributed by atoms with van der Waals surface area (Å²) in [5, 5.41) is 12.7. The molecule has 0 saturated carbocycles. The maximum atomic E-state index is 13.1. The molecule has 0 bridgehead atoms. The second kappa shape index (κ2) is 6.34. The van der Waals surface area contributed by atoms with E-state index in [1.165, 1.54) is 16.7 Å². The van der Waals surface area contributed by atoms with Gasteiger partial charge in [0.15, 0.2) is 0 Å². The van der Waals surface area contributed by atoms with Crippen LogP contribution in [0, 0.1) is 11.2 Å². The summed E-state index contributed by atoms with van der Waals surface area (Å²) < 4.78 is 14.6. The number of pyridine rings is 1. The van der Waals surface area contributed by atoms with Crippen LogP contribution >= 0.6 is 0 Å². The molecule has 2 aromatic rings. The Morgan fingerprint density at radius 1 is 1.23 bits per heavy atom. The predicted octanol–water partition coefficient (Wildman–Crippen LogP) is 0.443. The lowest BCUT2D eigenvalue weighted by Crippen LogP contribution is -2.64. The van der Waals surface area contributed by atoms with Crippen LogP contribution in [0.5, 0.6) is 0 Å². The van der Waals surface area contributed by atoms with Crippen molar-refractivity contribution in [2.24, 2.45) is 5.41 Å². The van der Waals surface area contributed by atoms with Crippen molar-refractivity contribution in [1.82, 2.24) is 14.8 Å². The highest BCUT2D eigenvalue weighted by Crippen LogP contribution is 2.28. The molecule has 2 aliphatic rings. The first-order chi connectivity index (χ1) is 12.5. The third-order valence-electron chi connectivity index (χ3n) is 5.32. The molecule has 0 radical (unpaired) electrons. The first-order valence-corrected chi connectivity index (χ1v) is 8.64. The molecule has 0 spiro atoms. The van der Waals surface area contributed by atoms with E-state index in [9.17, 15) is 19.1 Å². The van der Waals surface area contributed by atoms with Crippen LogP contribution in [0.3, 0.4) is 0 Å². The molecule has 136 valence electrons. The van der Waals surface area contributed by atoms with Gasteiger partial charge in [0.25, 0.3) is 5.56 Å². The normalized spacial score (nSPS) is 18.2. The number of aliphatic hydroxyl groups is 1. The van der Waals surface area contributed by atoms with Gasteiger partial charge >= 0.3 is 0 Å². The monoisotopic (exact) mass is 357 g/mol. The zero-order valence-corrected chi connectivity index (χ0v) is 14.2. The summed E-state index contributed by atoms with van der Waals surface area (Å²) in [6, 6.07) is 7.32. The molecule has 0 aliphatic carbocycles. The molecule has 26 heavy (non-hydrogen) atoms. The number of rotatable bonds is 3. The molecule has 1 amide bonds. The SMILES string of the molecule is O=C(N1CCc2cc(=O)n(-c3ccc(F)cc3)cc2C1)C1(CO)CNC1. The number of amides is 1. The Balaban J connectivity index is 1.64. The van der Waals surface area contributed by atoms with Gasteiger partial charge < -0.3 is 15.3 Å². The summed E-state index contributed by atoms with van der Waals surface area (Å²) in [5.74, 6) is -0.413. The van der Waals surface area contributed by atoms with Crippen LogP contribution in [0.15, 0.2) is 41.3 Å². The van der Waals surface area contributed by atoms with Crippen molar-refractivity contribution in [3.63, 3.8) is 0 Å². The zero-order valence-electron chi connectivity index (χ0n) is 14.2. The molecule has 6 nitrogen and oxygen atoms in total. The molecule has 7 heteroatoms. The van der Waals surface area contributed by atoms with Crippen LogP contribution in [0.1, 0.15) is 11.1 Å². The molecular formula is C19H20FN3O3. The first kappa shape index (κ1) is 16.9.